The predicted octanol–water partition coefficient (Wildman–Crippen LogP) is 1.28. The first kappa shape index (κ1) is 7.03. The number of aromatic nitrogens is 3. The highest BCUT2D eigenvalue weighted by atomic mass is 15.3. The number of hydrogen-bond donors (Lipinski definition) is 0. The molecule has 0 saturated carbocycles. The Labute approximate surface area is 70.7 Å². The van der Waals surface area contributed by atoms with Gasteiger partial charge in [-0.3, -0.25) is 9.67 Å². The molecule has 0 atom stereocenters. The van der Waals surface area contributed by atoms with Crippen LogP contribution in [-0.4, -0.2) is 14.8 Å². The molecule has 0 aliphatic heterocycles. The molecule has 1 radical (unpaired) electrons. The van der Waals surface area contributed by atoms with E-state index in [-0.39, 0.29) is 0 Å². The zero-order valence-corrected chi connectivity index (χ0v) is 6.73. The SMILES string of the molecule is Cn1nccc1-c1[c]nccc1. The molecule has 3 heteroatoms. The number of nitrogens with zero attached hydrogens (tertiary/aromatic N) is 3. The summed E-state index contributed by atoms with van der Waals surface area (Å²) in [5.41, 5.74) is 2.00. The molecule has 2 aromatic heterocycles. The minimum atomic E-state index is 0.970. The second-order valence-corrected chi connectivity index (χ2v) is 2.50. The molecule has 59 valence electrons. The topological polar surface area (TPSA) is 30.7 Å². The summed E-state index contributed by atoms with van der Waals surface area (Å²) < 4.78 is 1.80. The van der Waals surface area contributed by atoms with Gasteiger partial charge in [0.2, 0.25) is 0 Å². The number of rotatable bonds is 1. The molecular weight excluding hydrogens is 150 g/mol. The molecule has 0 unspecified atom stereocenters. The van der Waals surface area contributed by atoms with Crippen molar-refractivity contribution in [3.63, 3.8) is 0 Å². The van der Waals surface area contributed by atoms with Crippen LogP contribution in [0.1, 0.15) is 0 Å². The fraction of sp³-hybridized carbons (Fsp3) is 0.111. The fourth-order valence-corrected chi connectivity index (χ4v) is 1.11. The minimum absolute atomic E-state index is 0.970. The monoisotopic (exact) mass is 158 g/mol. The third-order valence-electron chi connectivity index (χ3n) is 1.71. The van der Waals surface area contributed by atoms with Crippen LogP contribution in [0.5, 0.6) is 0 Å². The Morgan fingerprint density at radius 3 is 2.83 bits per heavy atom. The van der Waals surface area contributed by atoms with E-state index in [0.29, 0.717) is 0 Å². The molecule has 0 spiro atoms. The van der Waals surface area contributed by atoms with E-state index in [1.165, 1.54) is 0 Å². The molecule has 0 N–H and O–H groups in total. The van der Waals surface area contributed by atoms with Crippen molar-refractivity contribution in [1.82, 2.24) is 14.8 Å². The number of pyridine rings is 1. The van der Waals surface area contributed by atoms with Crippen molar-refractivity contribution in [3.05, 3.63) is 36.8 Å². The van der Waals surface area contributed by atoms with Gasteiger partial charge in [0.25, 0.3) is 0 Å². The Morgan fingerprint density at radius 1 is 1.33 bits per heavy atom. The molecule has 12 heavy (non-hydrogen) atoms. The van der Waals surface area contributed by atoms with Crippen LogP contribution >= 0.6 is 0 Å². The van der Waals surface area contributed by atoms with Crippen molar-refractivity contribution >= 4 is 0 Å². The second kappa shape index (κ2) is 2.77. The van der Waals surface area contributed by atoms with Gasteiger partial charge in [-0.2, -0.15) is 5.10 Å². The van der Waals surface area contributed by atoms with Crippen LogP contribution in [0.25, 0.3) is 11.3 Å². The summed E-state index contributed by atoms with van der Waals surface area (Å²) in [5, 5.41) is 4.06. The quantitative estimate of drug-likeness (QED) is 0.626. The van der Waals surface area contributed by atoms with Gasteiger partial charge in [-0.05, 0) is 18.2 Å². The van der Waals surface area contributed by atoms with Crippen molar-refractivity contribution < 1.29 is 0 Å². The Balaban J connectivity index is 2.51. The molecule has 0 fully saturated rings. The molecule has 2 rings (SSSR count). The summed E-state index contributed by atoms with van der Waals surface area (Å²) in [6.45, 7) is 0. The largest absolute Gasteiger partial charge is 0.268 e. The maximum absolute atomic E-state index is 4.06. The van der Waals surface area contributed by atoms with Gasteiger partial charge in [0.15, 0.2) is 0 Å². The molecular formula is C9H8N3. The lowest BCUT2D eigenvalue weighted by atomic mass is 10.2. The Hall–Kier alpha value is -1.64. The van der Waals surface area contributed by atoms with Crippen LogP contribution in [-0.2, 0) is 7.05 Å². The van der Waals surface area contributed by atoms with E-state index >= 15 is 0 Å². The highest BCUT2D eigenvalue weighted by molar-refractivity contribution is 5.56. The Morgan fingerprint density at radius 2 is 2.25 bits per heavy atom. The van der Waals surface area contributed by atoms with Gasteiger partial charge in [-0.1, -0.05) is 0 Å². The average molecular weight is 158 g/mol. The lowest BCUT2D eigenvalue weighted by Crippen LogP contribution is -1.93. The van der Waals surface area contributed by atoms with E-state index in [1.807, 2.05) is 25.2 Å². The Kier molecular flexibility index (Phi) is 1.63. The van der Waals surface area contributed by atoms with Crippen LogP contribution in [0.3, 0.4) is 0 Å². The van der Waals surface area contributed by atoms with E-state index in [9.17, 15) is 0 Å². The second-order valence-electron chi connectivity index (χ2n) is 2.50. The molecule has 2 heterocycles. The number of aryl methyl sites for hydroxylation is 1. The molecule has 0 bridgehead atoms. The third kappa shape index (κ3) is 1.09. The first-order chi connectivity index (χ1) is 5.88. The van der Waals surface area contributed by atoms with Gasteiger partial charge in [0, 0.05) is 25.0 Å². The smallest absolute Gasteiger partial charge is 0.0986 e. The summed E-state index contributed by atoms with van der Waals surface area (Å²) >= 11 is 0. The summed E-state index contributed by atoms with van der Waals surface area (Å²) in [6, 6.07) is 5.79. The van der Waals surface area contributed by atoms with Crippen molar-refractivity contribution in [3.8, 4) is 11.3 Å². The molecule has 0 aromatic carbocycles. The zero-order valence-electron chi connectivity index (χ0n) is 6.73. The van der Waals surface area contributed by atoms with Gasteiger partial charge < -0.3 is 0 Å². The lowest BCUT2D eigenvalue weighted by molar-refractivity contribution is 0.775. The highest BCUT2D eigenvalue weighted by Crippen LogP contribution is 2.14. The van der Waals surface area contributed by atoms with Gasteiger partial charge >= 0.3 is 0 Å². The van der Waals surface area contributed by atoms with E-state index in [0.717, 1.165) is 11.3 Å². The van der Waals surface area contributed by atoms with E-state index in [2.05, 4.69) is 16.3 Å². The summed E-state index contributed by atoms with van der Waals surface area (Å²) in [6.07, 6.45) is 6.37. The zero-order chi connectivity index (χ0) is 8.39. The van der Waals surface area contributed by atoms with E-state index < -0.39 is 0 Å². The van der Waals surface area contributed by atoms with Gasteiger partial charge in [0.05, 0.1) is 11.9 Å². The molecule has 2 aromatic rings. The van der Waals surface area contributed by atoms with Crippen LogP contribution in [0.15, 0.2) is 30.6 Å². The average Bonchev–Trinajstić information content (AvgIpc) is 2.53. The first-order valence-corrected chi connectivity index (χ1v) is 3.69. The first-order valence-electron chi connectivity index (χ1n) is 3.69. The van der Waals surface area contributed by atoms with Crippen molar-refractivity contribution in [2.45, 2.75) is 0 Å². The summed E-state index contributed by atoms with van der Waals surface area (Å²) in [5.74, 6) is 0. The number of hydrogen-bond acceptors (Lipinski definition) is 2. The normalized spacial score (nSPS) is 10.1. The van der Waals surface area contributed by atoms with Crippen molar-refractivity contribution in [1.29, 1.82) is 0 Å². The van der Waals surface area contributed by atoms with Crippen molar-refractivity contribution in [2.24, 2.45) is 7.05 Å². The molecule has 0 aliphatic carbocycles. The predicted molar refractivity (Wildman–Crippen MR) is 45.3 cm³/mol. The van der Waals surface area contributed by atoms with Crippen molar-refractivity contribution in [2.75, 3.05) is 0 Å². The minimum Gasteiger partial charge on any atom is -0.268 e. The summed E-state index contributed by atoms with van der Waals surface area (Å²) in [4.78, 5) is 3.92. The summed E-state index contributed by atoms with van der Waals surface area (Å²) in [7, 11) is 1.90. The maximum Gasteiger partial charge on any atom is 0.0986 e. The molecule has 0 amide bonds. The maximum atomic E-state index is 4.06. The van der Waals surface area contributed by atoms with Gasteiger partial charge in [-0.25, -0.2) is 0 Å². The Bertz CT molecular complexity index is 364. The van der Waals surface area contributed by atoms with Gasteiger partial charge in [-0.15, -0.1) is 0 Å². The van der Waals surface area contributed by atoms with Crippen LogP contribution < -0.4 is 0 Å². The van der Waals surface area contributed by atoms with Crippen LogP contribution in [0, 0.1) is 6.20 Å². The molecule has 0 saturated heterocycles. The van der Waals surface area contributed by atoms with E-state index in [1.54, 1.807) is 17.1 Å². The lowest BCUT2D eigenvalue weighted by Gasteiger charge is -1.98. The third-order valence-corrected chi connectivity index (χ3v) is 1.71. The highest BCUT2D eigenvalue weighted by Gasteiger charge is 2.00. The van der Waals surface area contributed by atoms with Crippen LogP contribution in [0.4, 0.5) is 0 Å². The molecule has 3 nitrogen and oxygen atoms in total. The fourth-order valence-electron chi connectivity index (χ4n) is 1.11. The molecule has 0 aliphatic rings. The van der Waals surface area contributed by atoms with Gasteiger partial charge in [0.1, 0.15) is 0 Å². The van der Waals surface area contributed by atoms with Crippen LogP contribution in [0.2, 0.25) is 0 Å². The standard InChI is InChI=1S/C9H8N3/c1-12-9(4-6-11-12)8-3-2-5-10-7-8/h2-6H,1H3. The van der Waals surface area contributed by atoms with E-state index in [4.69, 9.17) is 0 Å².